The molecule has 1 unspecified atom stereocenters. The van der Waals surface area contributed by atoms with Gasteiger partial charge in [0.1, 0.15) is 11.7 Å². The van der Waals surface area contributed by atoms with Gasteiger partial charge in [0, 0.05) is 32.8 Å². The molecule has 1 heterocycles. The molecule has 0 saturated heterocycles. The van der Waals surface area contributed by atoms with E-state index in [-0.39, 0.29) is 0 Å². The predicted molar refractivity (Wildman–Crippen MR) is 98.9 cm³/mol. The number of fused-ring (bicyclic) bond motifs is 1. The quantitative estimate of drug-likeness (QED) is 0.611. The van der Waals surface area contributed by atoms with Gasteiger partial charge in [0.05, 0.1) is 5.56 Å². The maximum Gasteiger partial charge on any atom is 0.336 e. The summed E-state index contributed by atoms with van der Waals surface area (Å²) < 4.78 is 21.8. The third kappa shape index (κ3) is 4.89. The van der Waals surface area contributed by atoms with Crippen LogP contribution in [0.3, 0.4) is 0 Å². The van der Waals surface area contributed by atoms with Gasteiger partial charge in [0.25, 0.3) is 0 Å². The first-order chi connectivity index (χ1) is 12.0. The molecule has 0 fully saturated rings. The zero-order valence-electron chi connectivity index (χ0n) is 15.9. The Labute approximate surface area is 149 Å². The molecule has 0 spiro atoms. The lowest BCUT2D eigenvalue weighted by Crippen LogP contribution is -2.42. The van der Waals surface area contributed by atoms with Crippen molar-refractivity contribution in [3.63, 3.8) is 0 Å². The largest absolute Gasteiger partial charge is 0.422 e. The van der Waals surface area contributed by atoms with Gasteiger partial charge in [-0.1, -0.05) is 26.0 Å². The monoisotopic (exact) mass is 351 g/mol. The maximum atomic E-state index is 11.5. The summed E-state index contributed by atoms with van der Waals surface area (Å²) in [7, 11) is 4.62. The van der Waals surface area contributed by atoms with E-state index in [0.717, 1.165) is 18.5 Å². The molecule has 2 aromatic rings. The Kier molecular flexibility index (Phi) is 8.78. The Morgan fingerprint density at radius 2 is 1.72 bits per heavy atom. The van der Waals surface area contributed by atoms with Crippen LogP contribution in [0, 0.1) is 0 Å². The second-order valence-corrected chi connectivity index (χ2v) is 5.39. The molecule has 1 aromatic heterocycles. The first kappa shape index (κ1) is 21.3. The van der Waals surface area contributed by atoms with Crippen molar-refractivity contribution in [2.24, 2.45) is 0 Å². The van der Waals surface area contributed by atoms with E-state index in [0.29, 0.717) is 11.1 Å². The number of rotatable bonds is 7. The average Bonchev–Trinajstić information content (AvgIpc) is 2.64. The van der Waals surface area contributed by atoms with Gasteiger partial charge in [-0.3, -0.25) is 0 Å². The van der Waals surface area contributed by atoms with Crippen molar-refractivity contribution in [3.8, 4) is 0 Å². The summed E-state index contributed by atoms with van der Waals surface area (Å²) >= 11 is 0. The Morgan fingerprint density at radius 1 is 1.08 bits per heavy atom. The molecule has 1 N–H and O–H groups in total. The first-order valence-electron chi connectivity index (χ1n) is 8.37. The van der Waals surface area contributed by atoms with Crippen LogP contribution in [0.25, 0.3) is 11.0 Å². The molecule has 0 aliphatic carbocycles. The number of methoxy groups -OCH3 is 3. The normalized spacial score (nSPS) is 12.6. The highest BCUT2D eigenvalue weighted by Gasteiger charge is 2.41. The van der Waals surface area contributed by atoms with E-state index in [2.05, 4.69) is 19.2 Å². The Morgan fingerprint density at radius 3 is 2.20 bits per heavy atom. The molecule has 6 heteroatoms. The van der Waals surface area contributed by atoms with Gasteiger partial charge in [-0.25, -0.2) is 4.79 Å². The fraction of sp³-hybridized carbons (Fsp3) is 0.526. The zero-order valence-corrected chi connectivity index (χ0v) is 15.9. The highest BCUT2D eigenvalue weighted by molar-refractivity contribution is 5.80. The number of hydrogen-bond acceptors (Lipinski definition) is 6. The van der Waals surface area contributed by atoms with Gasteiger partial charge in [0.15, 0.2) is 0 Å². The van der Waals surface area contributed by atoms with Gasteiger partial charge in [0.2, 0.25) is 5.79 Å². The van der Waals surface area contributed by atoms with Crippen LogP contribution in [0.2, 0.25) is 0 Å². The minimum Gasteiger partial charge on any atom is -0.422 e. The van der Waals surface area contributed by atoms with Crippen LogP contribution in [0.4, 0.5) is 0 Å². The summed E-state index contributed by atoms with van der Waals surface area (Å²) in [6.07, 6.45) is -0.395. The fourth-order valence-corrected chi connectivity index (χ4v) is 2.63. The molecule has 1 atom stereocenters. The summed E-state index contributed by atoms with van der Waals surface area (Å²) in [5, 5.41) is 3.91. The topological polar surface area (TPSA) is 69.9 Å². The molecule has 1 aromatic carbocycles. The van der Waals surface area contributed by atoms with E-state index in [1.165, 1.54) is 20.3 Å². The van der Waals surface area contributed by atoms with Gasteiger partial charge >= 0.3 is 5.63 Å². The van der Waals surface area contributed by atoms with Crippen LogP contribution < -0.4 is 10.9 Å². The minimum absolute atomic E-state index is 0.395. The second-order valence-electron chi connectivity index (χ2n) is 5.39. The number of benzene rings is 1. The summed E-state index contributed by atoms with van der Waals surface area (Å²) in [5.41, 5.74) is 0.635. The highest BCUT2D eigenvalue weighted by Crippen LogP contribution is 2.35. The number of hydrogen-bond donors (Lipinski definition) is 1. The SMILES string of the molecule is CCNCC.COC(C)C(OC)(OC)c1cccc2ccc(=O)oc12. The number of para-hydroxylation sites is 1. The Bertz CT molecular complexity index is 692. The van der Waals surface area contributed by atoms with Gasteiger partial charge < -0.3 is 23.9 Å². The van der Waals surface area contributed by atoms with Crippen LogP contribution in [-0.2, 0) is 20.0 Å². The molecular weight excluding hydrogens is 322 g/mol. The molecular formula is C19H29NO5. The third-order valence-electron chi connectivity index (χ3n) is 4.02. The van der Waals surface area contributed by atoms with E-state index in [1.54, 1.807) is 19.2 Å². The fourth-order valence-electron chi connectivity index (χ4n) is 2.63. The van der Waals surface area contributed by atoms with Crippen LogP contribution in [0.15, 0.2) is 39.5 Å². The molecule has 2 rings (SSSR count). The molecule has 25 heavy (non-hydrogen) atoms. The van der Waals surface area contributed by atoms with Crippen molar-refractivity contribution < 1.29 is 18.6 Å². The van der Waals surface area contributed by atoms with Crippen molar-refractivity contribution in [1.29, 1.82) is 0 Å². The van der Waals surface area contributed by atoms with Crippen molar-refractivity contribution in [2.75, 3.05) is 34.4 Å². The van der Waals surface area contributed by atoms with Crippen molar-refractivity contribution in [3.05, 3.63) is 46.3 Å². The molecule has 140 valence electrons. The molecule has 0 bridgehead atoms. The Hall–Kier alpha value is -1.73. The lowest BCUT2D eigenvalue weighted by atomic mass is 9.98. The molecule has 6 nitrogen and oxygen atoms in total. The van der Waals surface area contributed by atoms with Gasteiger partial charge in [-0.15, -0.1) is 0 Å². The van der Waals surface area contributed by atoms with Crippen LogP contribution >= 0.6 is 0 Å². The average molecular weight is 351 g/mol. The molecule has 0 saturated carbocycles. The summed E-state index contributed by atoms with van der Waals surface area (Å²) in [6, 6.07) is 8.60. The van der Waals surface area contributed by atoms with E-state index >= 15 is 0 Å². The third-order valence-corrected chi connectivity index (χ3v) is 4.02. The number of ether oxygens (including phenoxy) is 3. The predicted octanol–water partition coefficient (Wildman–Crippen LogP) is 2.89. The van der Waals surface area contributed by atoms with E-state index in [1.807, 2.05) is 19.1 Å². The smallest absolute Gasteiger partial charge is 0.336 e. The standard InChI is InChI=1S/C15H18O5.C4H11N/c1-10(17-2)15(18-3,19-4)12-7-5-6-11-8-9-13(16)20-14(11)12;1-3-5-4-2/h5-10H,1-4H3;5H,3-4H2,1-2H3. The molecule has 0 radical (unpaired) electrons. The van der Waals surface area contributed by atoms with Crippen molar-refractivity contribution >= 4 is 11.0 Å². The van der Waals surface area contributed by atoms with E-state index in [9.17, 15) is 4.79 Å². The molecule has 0 aliphatic rings. The van der Waals surface area contributed by atoms with E-state index in [4.69, 9.17) is 18.6 Å². The van der Waals surface area contributed by atoms with Crippen LogP contribution in [0.5, 0.6) is 0 Å². The summed E-state index contributed by atoms with van der Waals surface area (Å²) in [5.74, 6) is -1.15. The number of nitrogens with one attached hydrogen (secondary N) is 1. The summed E-state index contributed by atoms with van der Waals surface area (Å²) in [6.45, 7) is 8.22. The maximum absolute atomic E-state index is 11.5. The van der Waals surface area contributed by atoms with Crippen molar-refractivity contribution in [1.82, 2.24) is 5.32 Å². The van der Waals surface area contributed by atoms with Gasteiger partial charge in [-0.2, -0.15) is 0 Å². The van der Waals surface area contributed by atoms with Gasteiger partial charge in [-0.05, 0) is 32.1 Å². The molecule has 0 aliphatic heterocycles. The van der Waals surface area contributed by atoms with Crippen molar-refractivity contribution in [2.45, 2.75) is 32.7 Å². The van der Waals surface area contributed by atoms with E-state index < -0.39 is 17.5 Å². The highest BCUT2D eigenvalue weighted by atomic mass is 16.7. The molecule has 0 amide bonds. The minimum atomic E-state index is -1.15. The van der Waals surface area contributed by atoms with Crippen LogP contribution in [-0.4, -0.2) is 40.5 Å². The lowest BCUT2D eigenvalue weighted by molar-refractivity contribution is -0.269. The Balaban J connectivity index is 0.000000550. The first-order valence-corrected chi connectivity index (χ1v) is 8.37. The zero-order chi connectivity index (χ0) is 18.9. The second kappa shape index (κ2) is 10.3. The lowest BCUT2D eigenvalue weighted by Gasteiger charge is -2.35. The summed E-state index contributed by atoms with van der Waals surface area (Å²) in [4.78, 5) is 11.5. The van der Waals surface area contributed by atoms with Crippen LogP contribution in [0.1, 0.15) is 26.3 Å².